The lowest BCUT2D eigenvalue weighted by Crippen LogP contribution is -2.41. The number of anilines is 1. The van der Waals surface area contributed by atoms with Crippen molar-refractivity contribution in [2.45, 2.75) is 12.5 Å². The maximum atomic E-state index is 13.9. The first-order valence-electron chi connectivity index (χ1n) is 7.50. The van der Waals surface area contributed by atoms with Crippen molar-refractivity contribution in [2.24, 2.45) is 7.05 Å². The molecule has 2 N–H and O–H groups in total. The molecule has 0 saturated carbocycles. The smallest absolute Gasteiger partial charge is 0.335 e. The van der Waals surface area contributed by atoms with Gasteiger partial charge >= 0.3 is 5.97 Å². The minimum atomic E-state index is -1.29. The molecule has 1 aliphatic heterocycles. The number of rotatable bonds is 4. The van der Waals surface area contributed by atoms with Gasteiger partial charge in [0.25, 0.3) is 5.91 Å². The topological polar surface area (TPSA) is 105 Å². The molecule has 9 heteroatoms. The molecule has 3 rings (SSSR count). The van der Waals surface area contributed by atoms with Crippen LogP contribution in [0, 0.1) is 5.82 Å². The summed E-state index contributed by atoms with van der Waals surface area (Å²) in [6, 6.07) is 2.23. The van der Waals surface area contributed by atoms with Gasteiger partial charge < -0.3 is 15.3 Å². The number of aromatic carboxylic acids is 1. The predicted octanol–water partition coefficient (Wildman–Crippen LogP) is 0.793. The zero-order valence-electron chi connectivity index (χ0n) is 13.3. The Kier molecular flexibility index (Phi) is 4.22. The molecule has 1 atom stereocenters. The number of aromatic nitrogens is 2. The Hall–Kier alpha value is -3.23. The zero-order valence-corrected chi connectivity index (χ0v) is 13.3. The zero-order chi connectivity index (χ0) is 18.1. The fourth-order valence-corrected chi connectivity index (χ4v) is 2.69. The van der Waals surface area contributed by atoms with Crippen molar-refractivity contribution in [3.8, 4) is 0 Å². The molecule has 1 aromatic carbocycles. The molecule has 1 unspecified atom stereocenters. The van der Waals surface area contributed by atoms with Crippen LogP contribution in [0.1, 0.15) is 27.1 Å². The number of carboxylic acids is 1. The number of hydrogen-bond donors (Lipinski definition) is 2. The van der Waals surface area contributed by atoms with Crippen molar-refractivity contribution in [1.29, 1.82) is 0 Å². The summed E-state index contributed by atoms with van der Waals surface area (Å²) < 4.78 is 15.5. The lowest BCUT2D eigenvalue weighted by molar-refractivity contribution is -0.118. The third-order valence-electron chi connectivity index (χ3n) is 3.97. The van der Waals surface area contributed by atoms with E-state index in [0.29, 0.717) is 18.7 Å². The third kappa shape index (κ3) is 3.21. The van der Waals surface area contributed by atoms with Crippen LogP contribution in [0.2, 0.25) is 0 Å². The van der Waals surface area contributed by atoms with Gasteiger partial charge in [0, 0.05) is 19.8 Å². The first-order chi connectivity index (χ1) is 11.9. The lowest BCUT2D eigenvalue weighted by atomic mass is 10.1. The van der Waals surface area contributed by atoms with E-state index >= 15 is 0 Å². The Balaban J connectivity index is 1.71. The van der Waals surface area contributed by atoms with E-state index in [2.05, 4.69) is 10.4 Å². The first kappa shape index (κ1) is 16.6. The van der Waals surface area contributed by atoms with Crippen LogP contribution in [0.5, 0.6) is 0 Å². The van der Waals surface area contributed by atoms with Gasteiger partial charge in [-0.25, -0.2) is 9.18 Å². The Labute approximate surface area is 141 Å². The second-order valence-corrected chi connectivity index (χ2v) is 5.68. The summed E-state index contributed by atoms with van der Waals surface area (Å²) in [7, 11) is 1.73. The van der Waals surface area contributed by atoms with Crippen LogP contribution in [0.25, 0.3) is 0 Å². The van der Waals surface area contributed by atoms with Gasteiger partial charge in [0.2, 0.25) is 5.91 Å². The number of halogens is 1. The molecular formula is C16H15FN4O4. The molecule has 2 heterocycles. The van der Waals surface area contributed by atoms with Gasteiger partial charge in [-0.1, -0.05) is 0 Å². The number of nitrogens with one attached hydrogen (secondary N) is 1. The number of carbonyl (C=O) groups excluding carboxylic acids is 2. The molecule has 130 valence electrons. The Morgan fingerprint density at radius 2 is 2.16 bits per heavy atom. The van der Waals surface area contributed by atoms with Crippen molar-refractivity contribution in [3.63, 3.8) is 0 Å². The minimum absolute atomic E-state index is 0.256. The summed E-state index contributed by atoms with van der Waals surface area (Å²) in [5, 5.41) is 15.3. The molecule has 8 nitrogen and oxygen atoms in total. The number of benzene rings is 1. The summed E-state index contributed by atoms with van der Waals surface area (Å²) in [6.07, 6.45) is 3.62. The van der Waals surface area contributed by atoms with Gasteiger partial charge in [0.05, 0.1) is 23.0 Å². The standard InChI is InChI=1S/C16H15FN4O4/c1-20-8-10(7-18-20)21-5-4-13(15(21)23)19-14(22)11-3-2-9(16(24)25)6-12(11)17/h2-3,6-8,13H,4-5H2,1H3,(H,19,22)(H,24,25). The highest BCUT2D eigenvalue weighted by molar-refractivity contribution is 6.04. The van der Waals surface area contributed by atoms with E-state index in [1.165, 1.54) is 4.90 Å². The highest BCUT2D eigenvalue weighted by Crippen LogP contribution is 2.21. The Morgan fingerprint density at radius 3 is 2.76 bits per heavy atom. The minimum Gasteiger partial charge on any atom is -0.478 e. The van der Waals surface area contributed by atoms with Crippen LogP contribution >= 0.6 is 0 Å². The van der Waals surface area contributed by atoms with E-state index in [4.69, 9.17) is 5.11 Å². The number of aryl methyl sites for hydroxylation is 1. The molecule has 1 aromatic heterocycles. The molecule has 0 radical (unpaired) electrons. The van der Waals surface area contributed by atoms with Crippen LogP contribution in [-0.4, -0.2) is 45.3 Å². The first-order valence-corrected chi connectivity index (χ1v) is 7.50. The van der Waals surface area contributed by atoms with E-state index in [0.717, 1.165) is 18.2 Å². The number of carboxylic acid groups (broad SMARTS) is 1. The number of amides is 2. The number of nitrogens with zero attached hydrogens (tertiary/aromatic N) is 3. The fraction of sp³-hybridized carbons (Fsp3) is 0.250. The van der Waals surface area contributed by atoms with Gasteiger partial charge in [0.1, 0.15) is 11.9 Å². The van der Waals surface area contributed by atoms with Gasteiger partial charge in [-0.3, -0.25) is 14.3 Å². The van der Waals surface area contributed by atoms with Crippen molar-refractivity contribution in [2.75, 3.05) is 11.4 Å². The van der Waals surface area contributed by atoms with E-state index in [1.54, 1.807) is 24.1 Å². The molecule has 2 amide bonds. The third-order valence-corrected chi connectivity index (χ3v) is 3.97. The summed E-state index contributed by atoms with van der Waals surface area (Å²) in [5.41, 5.74) is 0.0626. The largest absolute Gasteiger partial charge is 0.478 e. The van der Waals surface area contributed by atoms with Gasteiger partial charge in [-0.2, -0.15) is 5.10 Å². The fourth-order valence-electron chi connectivity index (χ4n) is 2.69. The quantitative estimate of drug-likeness (QED) is 0.852. The molecule has 1 fully saturated rings. The second-order valence-electron chi connectivity index (χ2n) is 5.68. The normalized spacial score (nSPS) is 17.0. The maximum absolute atomic E-state index is 13.9. The molecule has 25 heavy (non-hydrogen) atoms. The highest BCUT2D eigenvalue weighted by Gasteiger charge is 2.34. The lowest BCUT2D eigenvalue weighted by Gasteiger charge is -2.15. The van der Waals surface area contributed by atoms with Crippen molar-refractivity contribution in [3.05, 3.63) is 47.5 Å². The number of carbonyl (C=O) groups is 3. The van der Waals surface area contributed by atoms with E-state index in [9.17, 15) is 18.8 Å². The maximum Gasteiger partial charge on any atom is 0.335 e. The van der Waals surface area contributed by atoms with Gasteiger partial charge in [-0.15, -0.1) is 0 Å². The average molecular weight is 346 g/mol. The van der Waals surface area contributed by atoms with Crippen LogP contribution in [-0.2, 0) is 11.8 Å². The summed E-state index contributed by atoms with van der Waals surface area (Å²) in [4.78, 5) is 36.9. The predicted molar refractivity (Wildman–Crippen MR) is 84.8 cm³/mol. The van der Waals surface area contributed by atoms with Crippen molar-refractivity contribution >= 4 is 23.5 Å². The molecular weight excluding hydrogens is 331 g/mol. The van der Waals surface area contributed by atoms with Crippen LogP contribution in [0.4, 0.5) is 10.1 Å². The van der Waals surface area contributed by atoms with E-state index < -0.39 is 23.7 Å². The van der Waals surface area contributed by atoms with Crippen LogP contribution in [0.15, 0.2) is 30.6 Å². The Morgan fingerprint density at radius 1 is 1.40 bits per heavy atom. The summed E-state index contributed by atoms with van der Waals surface area (Å²) in [6.45, 7) is 0.413. The number of hydrogen-bond acceptors (Lipinski definition) is 4. The van der Waals surface area contributed by atoms with Crippen LogP contribution < -0.4 is 10.2 Å². The molecule has 2 aromatic rings. The monoisotopic (exact) mass is 346 g/mol. The molecule has 0 bridgehead atoms. The molecule has 0 aliphatic carbocycles. The summed E-state index contributed by atoms with van der Waals surface area (Å²) in [5.74, 6) is -3.30. The van der Waals surface area contributed by atoms with Crippen LogP contribution in [0.3, 0.4) is 0 Å². The average Bonchev–Trinajstić information content (AvgIpc) is 3.13. The van der Waals surface area contributed by atoms with Gasteiger partial charge in [-0.05, 0) is 24.6 Å². The molecule has 1 saturated heterocycles. The Bertz CT molecular complexity index is 864. The van der Waals surface area contributed by atoms with Crippen molar-refractivity contribution in [1.82, 2.24) is 15.1 Å². The second kappa shape index (κ2) is 6.34. The van der Waals surface area contributed by atoms with Crippen molar-refractivity contribution < 1.29 is 23.9 Å². The molecule has 0 spiro atoms. The molecule has 1 aliphatic rings. The van der Waals surface area contributed by atoms with E-state index in [1.807, 2.05) is 0 Å². The SMILES string of the molecule is Cn1cc(N2CCC(NC(=O)c3ccc(C(=O)O)cc3F)C2=O)cn1. The van der Waals surface area contributed by atoms with Gasteiger partial charge in [0.15, 0.2) is 0 Å². The summed E-state index contributed by atoms with van der Waals surface area (Å²) >= 11 is 0. The highest BCUT2D eigenvalue weighted by atomic mass is 19.1. The van der Waals surface area contributed by atoms with E-state index in [-0.39, 0.29) is 17.0 Å².